The fourth-order valence-corrected chi connectivity index (χ4v) is 3.39. The fourth-order valence-electron chi connectivity index (χ4n) is 1.92. The van der Waals surface area contributed by atoms with Crippen LogP contribution in [0.25, 0.3) is 0 Å². The second-order valence-corrected chi connectivity index (χ2v) is 5.52. The molecule has 1 saturated heterocycles. The van der Waals surface area contributed by atoms with E-state index in [2.05, 4.69) is 15.2 Å². The number of carboxylic acids is 1. The molecule has 2 unspecified atom stereocenters. The molecule has 2 heterocycles. The number of thioether (sulfide) groups is 1. The summed E-state index contributed by atoms with van der Waals surface area (Å²) in [6.45, 7) is 3.92. The topological polar surface area (TPSA) is 99.2 Å². The maximum Gasteiger partial charge on any atom is 0.327 e. The van der Waals surface area contributed by atoms with Gasteiger partial charge in [0.15, 0.2) is 0 Å². The fraction of sp³-hybridized carbons (Fsp3) is 0.600. The van der Waals surface area contributed by atoms with Gasteiger partial charge in [-0.05, 0) is 5.92 Å². The van der Waals surface area contributed by atoms with Gasteiger partial charge in [-0.1, -0.05) is 13.8 Å². The first-order valence-electron chi connectivity index (χ1n) is 5.54. The average Bonchev–Trinajstić information content (AvgIpc) is 2.97. The zero-order chi connectivity index (χ0) is 13.3. The SMILES string of the molecule is CC(C)C1SCC(C(=O)O)N1C(=O)c1ncn[nH]1. The highest BCUT2D eigenvalue weighted by Crippen LogP contribution is 2.34. The molecule has 0 radical (unpaired) electrons. The van der Waals surface area contributed by atoms with Crippen LogP contribution in [0.15, 0.2) is 6.33 Å². The lowest BCUT2D eigenvalue weighted by Gasteiger charge is -2.28. The molecular formula is C10H14N4O3S. The van der Waals surface area contributed by atoms with Gasteiger partial charge in [0.2, 0.25) is 5.82 Å². The molecule has 2 N–H and O–H groups in total. The first-order valence-corrected chi connectivity index (χ1v) is 6.59. The van der Waals surface area contributed by atoms with Crippen LogP contribution >= 0.6 is 11.8 Å². The standard InChI is InChI=1S/C10H14N4O3S/c1-5(2)9-14(6(3-18-9)10(16)17)8(15)7-11-4-12-13-7/h4-6,9H,3H2,1-2H3,(H,16,17)(H,11,12,13). The molecule has 0 aliphatic carbocycles. The highest BCUT2D eigenvalue weighted by Gasteiger charge is 2.43. The van der Waals surface area contributed by atoms with Crippen molar-refractivity contribution < 1.29 is 14.7 Å². The van der Waals surface area contributed by atoms with Crippen molar-refractivity contribution in [3.05, 3.63) is 12.2 Å². The van der Waals surface area contributed by atoms with Crippen LogP contribution in [0, 0.1) is 5.92 Å². The first kappa shape index (κ1) is 12.9. The molecule has 0 bridgehead atoms. The summed E-state index contributed by atoms with van der Waals surface area (Å²) < 4.78 is 0. The van der Waals surface area contributed by atoms with E-state index in [9.17, 15) is 14.7 Å². The summed E-state index contributed by atoms with van der Waals surface area (Å²) in [5.74, 6) is -0.749. The van der Waals surface area contributed by atoms with E-state index in [0.717, 1.165) is 0 Å². The van der Waals surface area contributed by atoms with Gasteiger partial charge in [-0.25, -0.2) is 9.78 Å². The average molecular weight is 270 g/mol. The Balaban J connectivity index is 2.29. The molecule has 0 aromatic carbocycles. The van der Waals surface area contributed by atoms with E-state index < -0.39 is 17.9 Å². The van der Waals surface area contributed by atoms with E-state index in [1.54, 1.807) is 0 Å². The van der Waals surface area contributed by atoms with Crippen molar-refractivity contribution in [1.29, 1.82) is 0 Å². The number of aromatic nitrogens is 3. The normalized spacial score (nSPS) is 23.6. The summed E-state index contributed by atoms with van der Waals surface area (Å²) in [7, 11) is 0. The van der Waals surface area contributed by atoms with Crippen molar-refractivity contribution in [1.82, 2.24) is 20.1 Å². The molecule has 1 fully saturated rings. The quantitative estimate of drug-likeness (QED) is 0.826. The summed E-state index contributed by atoms with van der Waals surface area (Å²) in [4.78, 5) is 28.6. The number of carbonyl (C=O) groups is 2. The van der Waals surface area contributed by atoms with E-state index in [1.807, 2.05) is 13.8 Å². The number of aliphatic carboxylic acids is 1. The number of carbonyl (C=O) groups excluding carboxylic acids is 1. The largest absolute Gasteiger partial charge is 0.480 e. The van der Waals surface area contributed by atoms with Crippen LogP contribution < -0.4 is 0 Å². The molecule has 2 rings (SSSR count). The Morgan fingerprint density at radius 1 is 1.61 bits per heavy atom. The van der Waals surface area contributed by atoms with Gasteiger partial charge in [0.25, 0.3) is 5.91 Å². The third-order valence-electron chi connectivity index (χ3n) is 2.74. The molecule has 1 aliphatic rings. The van der Waals surface area contributed by atoms with Crippen LogP contribution in [0.5, 0.6) is 0 Å². The third-order valence-corrected chi connectivity index (χ3v) is 4.36. The van der Waals surface area contributed by atoms with Gasteiger partial charge in [0.05, 0.1) is 5.37 Å². The third kappa shape index (κ3) is 2.20. The van der Waals surface area contributed by atoms with Gasteiger partial charge in [0, 0.05) is 5.75 Å². The van der Waals surface area contributed by atoms with E-state index in [4.69, 9.17) is 0 Å². The Morgan fingerprint density at radius 3 is 2.83 bits per heavy atom. The van der Waals surface area contributed by atoms with Crippen LogP contribution in [-0.4, -0.2) is 54.2 Å². The highest BCUT2D eigenvalue weighted by molar-refractivity contribution is 8.00. The minimum atomic E-state index is -0.987. The number of hydrogen-bond acceptors (Lipinski definition) is 5. The number of hydrogen-bond donors (Lipinski definition) is 2. The molecule has 1 amide bonds. The predicted octanol–water partition coefficient (Wildman–Crippen LogP) is 0.429. The molecule has 98 valence electrons. The summed E-state index contributed by atoms with van der Waals surface area (Å²) in [5, 5.41) is 15.1. The molecule has 1 aromatic rings. The first-order chi connectivity index (χ1) is 8.52. The van der Waals surface area contributed by atoms with Crippen LogP contribution in [0.3, 0.4) is 0 Å². The van der Waals surface area contributed by atoms with Crippen LogP contribution in [0.2, 0.25) is 0 Å². The second kappa shape index (κ2) is 4.97. The van der Waals surface area contributed by atoms with Gasteiger partial charge < -0.3 is 10.0 Å². The lowest BCUT2D eigenvalue weighted by Crippen LogP contribution is -2.47. The van der Waals surface area contributed by atoms with Gasteiger partial charge in [-0.2, -0.15) is 5.10 Å². The summed E-state index contributed by atoms with van der Waals surface area (Å²) in [5.41, 5.74) is 0. The van der Waals surface area contributed by atoms with Crippen LogP contribution in [0.4, 0.5) is 0 Å². The highest BCUT2D eigenvalue weighted by atomic mass is 32.2. The predicted molar refractivity (Wildman–Crippen MR) is 65.1 cm³/mol. The molecule has 0 saturated carbocycles. The number of rotatable bonds is 3. The van der Waals surface area contributed by atoms with Crippen molar-refractivity contribution in [2.24, 2.45) is 5.92 Å². The summed E-state index contributed by atoms with van der Waals surface area (Å²) >= 11 is 1.48. The van der Waals surface area contributed by atoms with Gasteiger partial charge in [-0.15, -0.1) is 11.8 Å². The zero-order valence-electron chi connectivity index (χ0n) is 10.0. The lowest BCUT2D eigenvalue weighted by molar-refractivity contribution is -0.141. The van der Waals surface area contributed by atoms with E-state index >= 15 is 0 Å². The van der Waals surface area contributed by atoms with Gasteiger partial charge >= 0.3 is 5.97 Å². The summed E-state index contributed by atoms with van der Waals surface area (Å²) in [6.07, 6.45) is 1.23. The number of amides is 1. The van der Waals surface area contributed by atoms with E-state index in [1.165, 1.54) is 23.0 Å². The molecule has 1 aliphatic heterocycles. The maximum absolute atomic E-state index is 12.3. The number of H-pyrrole nitrogens is 1. The molecule has 18 heavy (non-hydrogen) atoms. The van der Waals surface area contributed by atoms with Crippen LogP contribution in [-0.2, 0) is 4.79 Å². The number of aromatic amines is 1. The van der Waals surface area contributed by atoms with Crippen molar-refractivity contribution in [2.75, 3.05) is 5.75 Å². The number of nitrogens with zero attached hydrogens (tertiary/aromatic N) is 3. The Labute approximate surface area is 108 Å². The van der Waals surface area contributed by atoms with E-state index in [0.29, 0.717) is 5.75 Å². The summed E-state index contributed by atoms with van der Waals surface area (Å²) in [6, 6.07) is -0.806. The molecule has 1 aromatic heterocycles. The van der Waals surface area contributed by atoms with Crippen molar-refractivity contribution in [3.8, 4) is 0 Å². The Morgan fingerprint density at radius 2 is 2.33 bits per heavy atom. The van der Waals surface area contributed by atoms with Crippen molar-refractivity contribution >= 4 is 23.6 Å². The lowest BCUT2D eigenvalue weighted by atomic mass is 10.1. The van der Waals surface area contributed by atoms with E-state index in [-0.39, 0.29) is 17.1 Å². The Kier molecular flexibility index (Phi) is 3.55. The number of carboxylic acid groups (broad SMARTS) is 1. The smallest absolute Gasteiger partial charge is 0.327 e. The number of nitrogens with one attached hydrogen (secondary N) is 1. The molecule has 7 nitrogen and oxygen atoms in total. The molecule has 8 heteroatoms. The Bertz CT molecular complexity index is 448. The van der Waals surface area contributed by atoms with Gasteiger partial charge in [-0.3, -0.25) is 9.89 Å². The monoisotopic (exact) mass is 270 g/mol. The van der Waals surface area contributed by atoms with Gasteiger partial charge in [0.1, 0.15) is 12.4 Å². The van der Waals surface area contributed by atoms with Crippen molar-refractivity contribution in [2.45, 2.75) is 25.3 Å². The Hall–Kier alpha value is -1.57. The molecule has 2 atom stereocenters. The zero-order valence-corrected chi connectivity index (χ0v) is 10.8. The maximum atomic E-state index is 12.3. The minimum Gasteiger partial charge on any atom is -0.480 e. The van der Waals surface area contributed by atoms with Crippen LogP contribution in [0.1, 0.15) is 24.5 Å². The van der Waals surface area contributed by atoms with Crippen molar-refractivity contribution in [3.63, 3.8) is 0 Å². The second-order valence-electron chi connectivity index (χ2n) is 4.37. The molecular weight excluding hydrogens is 256 g/mol. The minimum absolute atomic E-state index is 0.0781. The molecule has 0 spiro atoms.